The minimum Gasteiger partial charge on any atom is -0.322 e. The lowest BCUT2D eigenvalue weighted by atomic mass is 10.2. The molecule has 0 saturated heterocycles. The van der Waals surface area contributed by atoms with E-state index in [1.165, 1.54) is 0 Å². The molecule has 0 spiro atoms. The molecule has 3 heteroatoms. The topological polar surface area (TPSA) is 29.1 Å². The number of halogens is 1. The predicted octanol–water partition coefficient (Wildman–Crippen LogP) is 3.39. The van der Waals surface area contributed by atoms with Crippen LogP contribution in [0.3, 0.4) is 0 Å². The van der Waals surface area contributed by atoms with Gasteiger partial charge in [0, 0.05) is 5.69 Å². The van der Waals surface area contributed by atoms with Crippen LogP contribution in [0.2, 0.25) is 5.02 Å². The number of hydrogen-bond acceptors (Lipinski definition) is 1. The zero-order valence-electron chi connectivity index (χ0n) is 8.41. The molecule has 1 amide bonds. The van der Waals surface area contributed by atoms with E-state index >= 15 is 0 Å². The number of anilines is 1. The summed E-state index contributed by atoms with van der Waals surface area (Å²) >= 11 is 5.92. The molecule has 0 fully saturated rings. The van der Waals surface area contributed by atoms with Crippen LogP contribution >= 0.6 is 11.6 Å². The first kappa shape index (κ1) is 10.7. The van der Waals surface area contributed by atoms with Crippen LogP contribution in [-0.4, -0.2) is 5.91 Å². The van der Waals surface area contributed by atoms with Crippen molar-refractivity contribution in [1.29, 1.82) is 0 Å². The standard InChI is InChI=1S/C13H9ClNO/c14-12-9-5-4-8-11(12)13(16)15-10-6-2-1-3-7-10/h2-9H,(H,15,16). The molecule has 0 aliphatic heterocycles. The van der Waals surface area contributed by atoms with E-state index < -0.39 is 0 Å². The normalized spacial score (nSPS) is 9.81. The second kappa shape index (κ2) is 4.81. The van der Waals surface area contributed by atoms with Gasteiger partial charge in [-0.2, -0.15) is 0 Å². The lowest BCUT2D eigenvalue weighted by Crippen LogP contribution is -2.12. The van der Waals surface area contributed by atoms with Gasteiger partial charge in [0.2, 0.25) is 0 Å². The molecule has 0 heterocycles. The van der Waals surface area contributed by atoms with Gasteiger partial charge in [-0.25, -0.2) is 0 Å². The number of carbonyl (C=O) groups excluding carboxylic acids is 1. The second-order valence-electron chi connectivity index (χ2n) is 3.22. The Morgan fingerprint density at radius 3 is 2.50 bits per heavy atom. The van der Waals surface area contributed by atoms with Gasteiger partial charge in [0.25, 0.3) is 5.91 Å². The fourth-order valence-electron chi connectivity index (χ4n) is 1.31. The van der Waals surface area contributed by atoms with Gasteiger partial charge in [0.05, 0.1) is 10.6 Å². The van der Waals surface area contributed by atoms with Gasteiger partial charge in [0.1, 0.15) is 0 Å². The van der Waals surface area contributed by atoms with Crippen LogP contribution in [0.15, 0.2) is 48.5 Å². The van der Waals surface area contributed by atoms with Gasteiger partial charge in [-0.1, -0.05) is 35.9 Å². The van der Waals surface area contributed by atoms with Crippen LogP contribution < -0.4 is 5.32 Å². The van der Waals surface area contributed by atoms with Gasteiger partial charge >= 0.3 is 0 Å². The van der Waals surface area contributed by atoms with Crippen LogP contribution in [0.1, 0.15) is 10.4 Å². The first-order chi connectivity index (χ1) is 7.77. The quantitative estimate of drug-likeness (QED) is 0.842. The fraction of sp³-hybridized carbons (Fsp3) is 0. The summed E-state index contributed by atoms with van der Waals surface area (Å²) < 4.78 is 0. The maximum Gasteiger partial charge on any atom is 0.257 e. The van der Waals surface area contributed by atoms with E-state index in [1.807, 2.05) is 0 Å². The van der Waals surface area contributed by atoms with Crippen LogP contribution in [0.4, 0.5) is 5.69 Å². The third-order valence-electron chi connectivity index (χ3n) is 2.09. The molecule has 79 valence electrons. The highest BCUT2D eigenvalue weighted by Gasteiger charge is 2.08. The Bertz CT molecular complexity index is 496. The lowest BCUT2D eigenvalue weighted by Gasteiger charge is -2.05. The van der Waals surface area contributed by atoms with Crippen molar-refractivity contribution >= 4 is 23.2 Å². The first-order valence-electron chi connectivity index (χ1n) is 4.79. The predicted molar refractivity (Wildman–Crippen MR) is 64.7 cm³/mol. The Labute approximate surface area is 98.9 Å². The van der Waals surface area contributed by atoms with Gasteiger partial charge < -0.3 is 5.32 Å². The summed E-state index contributed by atoms with van der Waals surface area (Å²) in [5.74, 6) is -0.211. The van der Waals surface area contributed by atoms with Gasteiger partial charge in [-0.05, 0) is 30.3 Å². The zero-order chi connectivity index (χ0) is 11.4. The highest BCUT2D eigenvalue weighted by Crippen LogP contribution is 2.16. The highest BCUT2D eigenvalue weighted by atomic mass is 35.5. The lowest BCUT2D eigenvalue weighted by molar-refractivity contribution is 0.102. The molecule has 0 atom stereocenters. The highest BCUT2D eigenvalue weighted by molar-refractivity contribution is 6.34. The fourth-order valence-corrected chi connectivity index (χ4v) is 1.54. The summed E-state index contributed by atoms with van der Waals surface area (Å²) in [5.41, 5.74) is 1.20. The number of carbonyl (C=O) groups is 1. The summed E-state index contributed by atoms with van der Waals surface area (Å²) in [5, 5.41) is 3.20. The van der Waals surface area contributed by atoms with Crippen LogP contribution in [0, 0.1) is 6.07 Å². The van der Waals surface area contributed by atoms with Crippen molar-refractivity contribution in [2.75, 3.05) is 5.32 Å². The SMILES string of the molecule is O=C(Nc1cc[c]cc1)c1ccccc1Cl. The van der Waals surface area contributed by atoms with Crippen molar-refractivity contribution in [3.05, 3.63) is 65.2 Å². The van der Waals surface area contributed by atoms with E-state index in [9.17, 15) is 4.79 Å². The average molecular weight is 231 g/mol. The molecule has 2 rings (SSSR count). The summed E-state index contributed by atoms with van der Waals surface area (Å²) in [6.07, 6.45) is 0. The Balaban J connectivity index is 2.19. The molecule has 0 aliphatic rings. The zero-order valence-corrected chi connectivity index (χ0v) is 9.16. The molecule has 16 heavy (non-hydrogen) atoms. The number of benzene rings is 2. The average Bonchev–Trinajstić information content (AvgIpc) is 2.31. The molecule has 0 unspecified atom stereocenters. The van der Waals surface area contributed by atoms with E-state index in [4.69, 9.17) is 11.6 Å². The summed E-state index contributed by atoms with van der Waals surface area (Å²) in [4.78, 5) is 11.8. The minimum atomic E-state index is -0.211. The number of amides is 1. The first-order valence-corrected chi connectivity index (χ1v) is 5.17. The van der Waals surface area contributed by atoms with E-state index in [1.54, 1.807) is 48.5 Å². The monoisotopic (exact) mass is 230 g/mol. The summed E-state index contributed by atoms with van der Waals surface area (Å²) in [7, 11) is 0. The molecule has 2 aromatic rings. The van der Waals surface area contributed by atoms with E-state index in [0.29, 0.717) is 10.6 Å². The maximum atomic E-state index is 11.8. The molecule has 1 N–H and O–H groups in total. The summed E-state index contributed by atoms with van der Waals surface area (Å²) in [6, 6.07) is 16.8. The Morgan fingerprint density at radius 1 is 1.12 bits per heavy atom. The number of nitrogens with one attached hydrogen (secondary N) is 1. The molecule has 0 aliphatic carbocycles. The number of hydrogen-bond donors (Lipinski definition) is 1. The Kier molecular flexibility index (Phi) is 3.22. The summed E-state index contributed by atoms with van der Waals surface area (Å²) in [6.45, 7) is 0. The molecule has 2 aromatic carbocycles. The Morgan fingerprint density at radius 2 is 1.81 bits per heavy atom. The van der Waals surface area contributed by atoms with E-state index in [-0.39, 0.29) is 5.91 Å². The smallest absolute Gasteiger partial charge is 0.257 e. The van der Waals surface area contributed by atoms with E-state index in [0.717, 1.165) is 5.69 Å². The largest absolute Gasteiger partial charge is 0.322 e. The van der Waals surface area contributed by atoms with E-state index in [2.05, 4.69) is 11.4 Å². The van der Waals surface area contributed by atoms with Crippen LogP contribution in [0.25, 0.3) is 0 Å². The van der Waals surface area contributed by atoms with Gasteiger partial charge in [0.15, 0.2) is 0 Å². The minimum absolute atomic E-state index is 0.211. The van der Waals surface area contributed by atoms with Crippen molar-refractivity contribution in [3.63, 3.8) is 0 Å². The maximum absolute atomic E-state index is 11.8. The second-order valence-corrected chi connectivity index (χ2v) is 3.63. The molecule has 1 radical (unpaired) electrons. The van der Waals surface area contributed by atoms with Gasteiger partial charge in [-0.15, -0.1) is 0 Å². The molecular weight excluding hydrogens is 222 g/mol. The molecule has 0 bridgehead atoms. The number of rotatable bonds is 2. The van der Waals surface area contributed by atoms with Crippen molar-refractivity contribution in [2.45, 2.75) is 0 Å². The van der Waals surface area contributed by atoms with Crippen molar-refractivity contribution in [1.82, 2.24) is 0 Å². The van der Waals surface area contributed by atoms with Crippen molar-refractivity contribution in [3.8, 4) is 0 Å². The van der Waals surface area contributed by atoms with Crippen molar-refractivity contribution in [2.24, 2.45) is 0 Å². The third-order valence-corrected chi connectivity index (χ3v) is 2.42. The third kappa shape index (κ3) is 2.41. The van der Waals surface area contributed by atoms with Crippen molar-refractivity contribution < 1.29 is 4.79 Å². The molecular formula is C13H9ClNO. The van der Waals surface area contributed by atoms with Gasteiger partial charge in [-0.3, -0.25) is 4.79 Å². The molecule has 2 nitrogen and oxygen atoms in total. The van der Waals surface area contributed by atoms with Crippen LogP contribution in [0.5, 0.6) is 0 Å². The van der Waals surface area contributed by atoms with Crippen LogP contribution in [-0.2, 0) is 0 Å². The Hall–Kier alpha value is -1.80. The molecule has 0 aromatic heterocycles. The molecule has 0 saturated carbocycles.